The van der Waals surface area contributed by atoms with E-state index in [0.717, 1.165) is 22.8 Å². The second-order valence-electron chi connectivity index (χ2n) is 18.8. The van der Waals surface area contributed by atoms with E-state index in [-0.39, 0.29) is 6.10 Å². The van der Waals surface area contributed by atoms with Gasteiger partial charge in [-0.15, -0.1) is 0 Å². The molecule has 0 bridgehead atoms. The molecule has 0 heterocycles. The molecular formula is C64H55NO. The lowest BCUT2D eigenvalue weighted by atomic mass is 9.67. The van der Waals surface area contributed by atoms with Gasteiger partial charge in [0, 0.05) is 17.1 Å². The molecule has 66 heavy (non-hydrogen) atoms. The van der Waals surface area contributed by atoms with E-state index in [4.69, 9.17) is 4.74 Å². The van der Waals surface area contributed by atoms with Gasteiger partial charge < -0.3 is 9.64 Å². The molecule has 0 saturated carbocycles. The Bertz CT molecular complexity index is 3130. The highest BCUT2D eigenvalue weighted by Crippen LogP contribution is 2.59. The number of benzene rings is 9. The number of para-hydroxylation sites is 1. The molecule has 0 saturated heterocycles. The zero-order chi connectivity index (χ0) is 45.0. The van der Waals surface area contributed by atoms with E-state index in [1.54, 1.807) is 0 Å². The van der Waals surface area contributed by atoms with Gasteiger partial charge in [0.2, 0.25) is 0 Å². The summed E-state index contributed by atoms with van der Waals surface area (Å²) in [4.78, 5) is 2.46. The zero-order valence-corrected chi connectivity index (χ0v) is 38.4. The molecule has 2 unspecified atom stereocenters. The van der Waals surface area contributed by atoms with Crippen LogP contribution in [0.15, 0.2) is 224 Å². The lowest BCUT2D eigenvalue weighted by molar-refractivity contribution is 0.170. The molecule has 2 heteroatoms. The molecule has 9 aromatic carbocycles. The van der Waals surface area contributed by atoms with Gasteiger partial charge in [-0.1, -0.05) is 204 Å². The standard InChI is InChI=1S/C64H55NO/c1-43(2)45(5)66-54-37-33-50(34-38-54)64(49-31-29-46(30-32-49)44(3)4)60-28-18-16-26-56(60)58-40-36-53(42-62(58)64)65(51-23-13-8-14-24-51)52-35-39-57-55-25-15-17-27-59(55)63(61(57)41-52,47-19-9-6-10-20-47)48-21-11-7-12-22-48/h6-45H,1-5H3. The van der Waals surface area contributed by atoms with Gasteiger partial charge in [-0.25, -0.2) is 0 Å². The summed E-state index contributed by atoms with van der Waals surface area (Å²) in [5, 5.41) is 0. The van der Waals surface area contributed by atoms with E-state index in [9.17, 15) is 0 Å². The Hall–Kier alpha value is -7.42. The maximum absolute atomic E-state index is 6.48. The largest absolute Gasteiger partial charge is 0.490 e. The highest BCUT2D eigenvalue weighted by atomic mass is 16.5. The van der Waals surface area contributed by atoms with Crippen LogP contribution in [-0.2, 0) is 10.8 Å². The number of nitrogens with zero attached hydrogens (tertiary/aromatic N) is 1. The first-order valence-electron chi connectivity index (χ1n) is 23.6. The maximum atomic E-state index is 6.48. The van der Waals surface area contributed by atoms with Gasteiger partial charge in [0.05, 0.1) is 16.9 Å². The summed E-state index contributed by atoms with van der Waals surface area (Å²) in [6.45, 7) is 11.1. The predicted molar refractivity (Wildman–Crippen MR) is 275 cm³/mol. The van der Waals surface area contributed by atoms with Crippen LogP contribution in [0.2, 0.25) is 0 Å². The molecule has 11 rings (SSSR count). The van der Waals surface area contributed by atoms with Crippen molar-refractivity contribution in [2.45, 2.75) is 57.5 Å². The van der Waals surface area contributed by atoms with Crippen LogP contribution in [0.1, 0.15) is 90.6 Å². The smallest absolute Gasteiger partial charge is 0.119 e. The first-order valence-corrected chi connectivity index (χ1v) is 23.6. The average Bonchev–Trinajstić information content (AvgIpc) is 3.83. The number of ether oxygens (including phenoxy) is 1. The van der Waals surface area contributed by atoms with Crippen molar-refractivity contribution >= 4 is 17.1 Å². The lowest BCUT2D eigenvalue weighted by Gasteiger charge is -2.36. The van der Waals surface area contributed by atoms with Crippen LogP contribution in [0, 0.1) is 5.92 Å². The van der Waals surface area contributed by atoms with Gasteiger partial charge in [0.25, 0.3) is 0 Å². The fourth-order valence-electron chi connectivity index (χ4n) is 11.0. The lowest BCUT2D eigenvalue weighted by Crippen LogP contribution is -2.29. The third-order valence-corrected chi connectivity index (χ3v) is 14.6. The third kappa shape index (κ3) is 6.45. The van der Waals surface area contributed by atoms with E-state index in [1.807, 2.05) is 0 Å². The summed E-state index contributed by atoms with van der Waals surface area (Å²) >= 11 is 0. The fraction of sp³-hybridized carbons (Fsp3) is 0.156. The maximum Gasteiger partial charge on any atom is 0.119 e. The topological polar surface area (TPSA) is 12.5 Å². The van der Waals surface area contributed by atoms with E-state index < -0.39 is 10.8 Å². The van der Waals surface area contributed by atoms with Crippen molar-refractivity contribution in [2.75, 3.05) is 4.90 Å². The Labute approximate surface area is 390 Å². The third-order valence-electron chi connectivity index (χ3n) is 14.6. The number of hydrogen-bond acceptors (Lipinski definition) is 2. The Balaban J connectivity index is 1.15. The van der Waals surface area contributed by atoms with Crippen molar-refractivity contribution in [1.29, 1.82) is 0 Å². The van der Waals surface area contributed by atoms with Crippen LogP contribution >= 0.6 is 0 Å². The molecule has 2 atom stereocenters. The van der Waals surface area contributed by atoms with Gasteiger partial charge in [-0.3, -0.25) is 0 Å². The number of fused-ring (bicyclic) bond motifs is 6. The van der Waals surface area contributed by atoms with Gasteiger partial charge in [-0.2, -0.15) is 0 Å². The van der Waals surface area contributed by atoms with E-state index in [2.05, 4.69) is 264 Å². The van der Waals surface area contributed by atoms with Gasteiger partial charge in [0.1, 0.15) is 5.75 Å². The van der Waals surface area contributed by atoms with Crippen LogP contribution in [0.25, 0.3) is 22.3 Å². The minimum Gasteiger partial charge on any atom is -0.490 e. The molecule has 9 aromatic rings. The Morgan fingerprint density at radius 2 is 0.742 bits per heavy atom. The summed E-state index contributed by atoms with van der Waals surface area (Å²) in [7, 11) is 0. The van der Waals surface area contributed by atoms with Gasteiger partial charge in [0.15, 0.2) is 0 Å². The van der Waals surface area contributed by atoms with Crippen LogP contribution in [0.5, 0.6) is 5.75 Å². The highest BCUT2D eigenvalue weighted by Gasteiger charge is 2.48. The van der Waals surface area contributed by atoms with E-state index in [1.165, 1.54) is 72.3 Å². The summed E-state index contributed by atoms with van der Waals surface area (Å²) < 4.78 is 6.48. The monoisotopic (exact) mass is 853 g/mol. The van der Waals surface area contributed by atoms with E-state index >= 15 is 0 Å². The zero-order valence-electron chi connectivity index (χ0n) is 38.4. The first-order chi connectivity index (χ1) is 32.3. The van der Waals surface area contributed by atoms with Crippen LogP contribution in [0.3, 0.4) is 0 Å². The minimum atomic E-state index is -0.600. The summed E-state index contributed by atoms with van der Waals surface area (Å²) in [5.74, 6) is 1.72. The van der Waals surface area contributed by atoms with Crippen molar-refractivity contribution in [3.63, 3.8) is 0 Å². The Morgan fingerprint density at radius 3 is 1.20 bits per heavy atom. The average molecular weight is 854 g/mol. The summed E-state index contributed by atoms with van der Waals surface area (Å²) in [5.41, 5.74) is 18.7. The van der Waals surface area contributed by atoms with Gasteiger partial charge >= 0.3 is 0 Å². The molecular weight excluding hydrogens is 799 g/mol. The minimum absolute atomic E-state index is 0.103. The SMILES string of the molecule is CC(C)c1ccc(C2(c3ccc(OC(C)C(C)C)cc3)c3ccccc3-c3ccc(N(c4ccccc4)c4ccc5c(c4)C(c4ccccc4)(c4ccccc4)c4ccccc4-5)cc32)cc1. The highest BCUT2D eigenvalue weighted by molar-refractivity contribution is 5.92. The van der Waals surface area contributed by atoms with Crippen LogP contribution in [0.4, 0.5) is 17.1 Å². The number of hydrogen-bond donors (Lipinski definition) is 0. The van der Waals surface area contributed by atoms with E-state index in [0.29, 0.717) is 11.8 Å². The van der Waals surface area contributed by atoms with Crippen molar-refractivity contribution in [1.82, 2.24) is 0 Å². The molecule has 0 fully saturated rings. The fourth-order valence-corrected chi connectivity index (χ4v) is 11.0. The Morgan fingerprint density at radius 1 is 0.348 bits per heavy atom. The first kappa shape index (κ1) is 41.3. The molecule has 0 N–H and O–H groups in total. The number of rotatable bonds is 11. The molecule has 2 nitrogen and oxygen atoms in total. The second kappa shape index (κ2) is 16.5. The molecule has 0 aromatic heterocycles. The quantitative estimate of drug-likeness (QED) is 0.129. The molecule has 2 aliphatic carbocycles. The molecule has 2 aliphatic rings. The van der Waals surface area contributed by atoms with Crippen LogP contribution < -0.4 is 9.64 Å². The molecule has 322 valence electrons. The normalized spacial score (nSPS) is 15.7. The molecule has 0 aliphatic heterocycles. The Kier molecular flexibility index (Phi) is 10.3. The summed E-state index contributed by atoms with van der Waals surface area (Å²) in [6.07, 6.45) is 0.103. The molecule has 0 radical (unpaired) electrons. The van der Waals surface area contributed by atoms with Crippen molar-refractivity contribution in [3.8, 4) is 28.0 Å². The van der Waals surface area contributed by atoms with Crippen molar-refractivity contribution < 1.29 is 4.74 Å². The predicted octanol–water partition coefficient (Wildman–Crippen LogP) is 16.4. The number of anilines is 3. The summed E-state index contributed by atoms with van der Waals surface area (Å²) in [6, 6.07) is 83.8. The van der Waals surface area contributed by atoms with Crippen LogP contribution in [-0.4, -0.2) is 6.10 Å². The second-order valence-corrected chi connectivity index (χ2v) is 18.8. The molecule has 0 spiro atoms. The molecule has 0 amide bonds. The van der Waals surface area contributed by atoms with Gasteiger partial charge in [-0.05, 0) is 140 Å². The van der Waals surface area contributed by atoms with Crippen molar-refractivity contribution in [3.05, 3.63) is 275 Å². The van der Waals surface area contributed by atoms with Crippen molar-refractivity contribution in [2.24, 2.45) is 5.92 Å².